The van der Waals surface area contributed by atoms with Crippen LogP contribution in [0.15, 0.2) is 4.79 Å². The van der Waals surface area contributed by atoms with Gasteiger partial charge >= 0.3 is 0 Å². The van der Waals surface area contributed by atoms with Gasteiger partial charge in [0.25, 0.3) is 5.56 Å². The highest BCUT2D eigenvalue weighted by Gasteiger charge is 2.15. The van der Waals surface area contributed by atoms with E-state index < -0.39 is 0 Å². The largest absolute Gasteiger partial charge is 0.356 e. The molecule has 24 heavy (non-hydrogen) atoms. The van der Waals surface area contributed by atoms with E-state index >= 15 is 0 Å². The summed E-state index contributed by atoms with van der Waals surface area (Å²) < 4.78 is 0. The fourth-order valence-electron chi connectivity index (χ4n) is 3.66. The molecule has 0 saturated heterocycles. The molecule has 1 amide bonds. The minimum atomic E-state index is -0.354. The van der Waals surface area contributed by atoms with E-state index in [9.17, 15) is 9.59 Å². The molecule has 1 aromatic heterocycles. The van der Waals surface area contributed by atoms with Gasteiger partial charge in [0.1, 0.15) is 11.6 Å². The smallest absolute Gasteiger partial charge is 0.266 e. The minimum Gasteiger partial charge on any atom is -0.356 e. The van der Waals surface area contributed by atoms with Crippen molar-refractivity contribution in [1.29, 1.82) is 5.26 Å². The van der Waals surface area contributed by atoms with Crippen LogP contribution < -0.4 is 10.9 Å². The van der Waals surface area contributed by atoms with Crippen molar-refractivity contribution in [3.05, 3.63) is 32.7 Å². The van der Waals surface area contributed by atoms with Gasteiger partial charge in [-0.25, -0.2) is 0 Å². The van der Waals surface area contributed by atoms with E-state index in [2.05, 4.69) is 10.3 Å². The third-order valence-electron chi connectivity index (χ3n) is 5.11. The first-order chi connectivity index (χ1) is 11.5. The number of pyridine rings is 1. The van der Waals surface area contributed by atoms with Crippen molar-refractivity contribution >= 4 is 5.91 Å². The van der Waals surface area contributed by atoms with Crippen molar-refractivity contribution < 1.29 is 4.79 Å². The van der Waals surface area contributed by atoms with Crippen molar-refractivity contribution in [1.82, 2.24) is 10.3 Å². The van der Waals surface area contributed by atoms with Crippen molar-refractivity contribution in [2.24, 2.45) is 5.92 Å². The van der Waals surface area contributed by atoms with E-state index in [0.29, 0.717) is 18.4 Å². The van der Waals surface area contributed by atoms with E-state index in [-0.39, 0.29) is 17.0 Å². The first kappa shape index (κ1) is 18.3. The van der Waals surface area contributed by atoms with E-state index in [4.69, 9.17) is 5.26 Å². The molecule has 0 unspecified atom stereocenters. The van der Waals surface area contributed by atoms with E-state index in [0.717, 1.165) is 30.1 Å². The van der Waals surface area contributed by atoms with E-state index in [1.54, 1.807) is 6.92 Å². The SMILES string of the molecule is Cc1[nH]c(=O)c(C#N)c(C)c1CCC(=O)NCCCC1CCCC1. The van der Waals surface area contributed by atoms with Crippen LogP contribution in [0.2, 0.25) is 0 Å². The van der Waals surface area contributed by atoms with Crippen molar-refractivity contribution in [3.8, 4) is 6.07 Å². The summed E-state index contributed by atoms with van der Waals surface area (Å²) in [5.74, 6) is 0.891. The molecule has 5 nitrogen and oxygen atoms in total. The Morgan fingerprint density at radius 3 is 2.71 bits per heavy atom. The number of hydrogen-bond donors (Lipinski definition) is 2. The van der Waals surface area contributed by atoms with Crippen LogP contribution in [0.25, 0.3) is 0 Å². The Labute approximate surface area is 143 Å². The molecule has 130 valence electrons. The molecular formula is C19H27N3O2. The topological polar surface area (TPSA) is 85.8 Å². The zero-order valence-electron chi connectivity index (χ0n) is 14.7. The lowest BCUT2D eigenvalue weighted by Gasteiger charge is -2.12. The summed E-state index contributed by atoms with van der Waals surface area (Å²) in [5.41, 5.74) is 2.12. The number of rotatable bonds is 7. The molecule has 1 aromatic rings. The number of nitrogens with zero attached hydrogens (tertiary/aromatic N) is 1. The average Bonchev–Trinajstić information content (AvgIpc) is 3.04. The second-order valence-electron chi connectivity index (χ2n) is 6.81. The van der Waals surface area contributed by atoms with Crippen LogP contribution in [0.4, 0.5) is 0 Å². The predicted molar refractivity (Wildman–Crippen MR) is 93.8 cm³/mol. The quantitative estimate of drug-likeness (QED) is 0.754. The fourth-order valence-corrected chi connectivity index (χ4v) is 3.66. The molecule has 1 aliphatic rings. The zero-order chi connectivity index (χ0) is 17.5. The number of hydrogen-bond acceptors (Lipinski definition) is 3. The van der Waals surface area contributed by atoms with Crippen LogP contribution in [0.3, 0.4) is 0 Å². The van der Waals surface area contributed by atoms with E-state index in [1.807, 2.05) is 13.0 Å². The van der Waals surface area contributed by atoms with Crippen LogP contribution in [0.1, 0.15) is 67.3 Å². The molecule has 2 rings (SSSR count). The Hall–Kier alpha value is -2.09. The number of aryl methyl sites for hydroxylation is 1. The first-order valence-electron chi connectivity index (χ1n) is 8.92. The van der Waals surface area contributed by atoms with Gasteiger partial charge in [-0.15, -0.1) is 0 Å². The summed E-state index contributed by atoms with van der Waals surface area (Å²) in [6.45, 7) is 4.32. The molecule has 5 heteroatoms. The highest BCUT2D eigenvalue weighted by molar-refractivity contribution is 5.76. The summed E-state index contributed by atoms with van der Waals surface area (Å²) in [7, 11) is 0. The van der Waals surface area contributed by atoms with Crippen molar-refractivity contribution in [3.63, 3.8) is 0 Å². The molecule has 0 spiro atoms. The van der Waals surface area contributed by atoms with Crippen molar-refractivity contribution in [2.75, 3.05) is 6.54 Å². The highest BCUT2D eigenvalue weighted by Crippen LogP contribution is 2.28. The number of nitrogens with one attached hydrogen (secondary N) is 2. The maximum Gasteiger partial charge on any atom is 0.266 e. The van der Waals surface area contributed by atoms with Gasteiger partial charge in [-0.05, 0) is 50.2 Å². The van der Waals surface area contributed by atoms with Crippen LogP contribution in [0.5, 0.6) is 0 Å². The Morgan fingerprint density at radius 1 is 1.33 bits per heavy atom. The van der Waals surface area contributed by atoms with Crippen molar-refractivity contribution in [2.45, 2.75) is 65.2 Å². The lowest BCUT2D eigenvalue weighted by molar-refractivity contribution is -0.121. The summed E-state index contributed by atoms with van der Waals surface area (Å²) in [4.78, 5) is 26.4. The highest BCUT2D eigenvalue weighted by atomic mass is 16.1. The number of H-pyrrole nitrogens is 1. The monoisotopic (exact) mass is 329 g/mol. The first-order valence-corrected chi connectivity index (χ1v) is 8.92. The molecule has 1 heterocycles. The Balaban J connectivity index is 1.79. The number of amides is 1. The lowest BCUT2D eigenvalue weighted by Crippen LogP contribution is -2.25. The lowest BCUT2D eigenvalue weighted by atomic mass is 9.99. The maximum atomic E-state index is 12.0. The average molecular weight is 329 g/mol. The van der Waals surface area contributed by atoms with Gasteiger partial charge in [-0.2, -0.15) is 5.26 Å². The molecular weight excluding hydrogens is 302 g/mol. The number of carbonyl (C=O) groups is 1. The third kappa shape index (κ3) is 4.70. The molecule has 1 saturated carbocycles. The number of aromatic amines is 1. The minimum absolute atomic E-state index is 0.0323. The molecule has 0 bridgehead atoms. The molecule has 0 atom stereocenters. The van der Waals surface area contributed by atoms with Gasteiger partial charge in [0.15, 0.2) is 0 Å². The van der Waals surface area contributed by atoms with Crippen LogP contribution in [-0.2, 0) is 11.2 Å². The molecule has 0 aliphatic heterocycles. The van der Waals surface area contributed by atoms with Gasteiger partial charge in [-0.1, -0.05) is 25.7 Å². The summed E-state index contributed by atoms with van der Waals surface area (Å²) >= 11 is 0. The predicted octanol–water partition coefficient (Wildman–Crippen LogP) is 2.88. The Kier molecular flexibility index (Phi) is 6.60. The maximum absolute atomic E-state index is 12.0. The standard InChI is InChI=1S/C19H27N3O2/c1-13-16(14(2)22-19(24)17(13)12-20)9-10-18(23)21-11-5-8-15-6-3-4-7-15/h15H,3-11H2,1-2H3,(H,21,23)(H,22,24). The molecule has 0 radical (unpaired) electrons. The Bertz CT molecular complexity index is 679. The molecule has 0 aromatic carbocycles. The summed E-state index contributed by atoms with van der Waals surface area (Å²) in [5, 5.41) is 12.1. The van der Waals surface area contributed by atoms with Gasteiger partial charge in [0, 0.05) is 18.7 Å². The van der Waals surface area contributed by atoms with Crippen LogP contribution in [-0.4, -0.2) is 17.4 Å². The number of aromatic nitrogens is 1. The van der Waals surface area contributed by atoms with E-state index in [1.165, 1.54) is 32.1 Å². The van der Waals surface area contributed by atoms with Gasteiger partial charge in [0.2, 0.25) is 5.91 Å². The van der Waals surface area contributed by atoms with Gasteiger partial charge in [0.05, 0.1) is 0 Å². The fraction of sp³-hybridized carbons (Fsp3) is 0.632. The second-order valence-corrected chi connectivity index (χ2v) is 6.81. The molecule has 1 fully saturated rings. The second kappa shape index (κ2) is 8.68. The normalized spacial score (nSPS) is 14.5. The molecule has 2 N–H and O–H groups in total. The summed E-state index contributed by atoms with van der Waals surface area (Å²) in [6.07, 6.45) is 8.59. The van der Waals surface area contributed by atoms with Crippen LogP contribution >= 0.6 is 0 Å². The number of carbonyl (C=O) groups excluding carboxylic acids is 1. The third-order valence-corrected chi connectivity index (χ3v) is 5.11. The van der Waals surface area contributed by atoms with Gasteiger partial charge in [-0.3, -0.25) is 9.59 Å². The zero-order valence-corrected chi connectivity index (χ0v) is 14.7. The number of nitriles is 1. The van der Waals surface area contributed by atoms with Gasteiger partial charge < -0.3 is 10.3 Å². The summed E-state index contributed by atoms with van der Waals surface area (Å²) in [6, 6.07) is 1.94. The van der Waals surface area contributed by atoms with Crippen LogP contribution in [0, 0.1) is 31.1 Å². The molecule has 1 aliphatic carbocycles. The Morgan fingerprint density at radius 2 is 2.04 bits per heavy atom.